The van der Waals surface area contributed by atoms with Crippen molar-refractivity contribution in [2.24, 2.45) is 0 Å². The Balaban J connectivity index is 3.41. The Bertz CT molecular complexity index is 370. The zero-order chi connectivity index (χ0) is 10.0. The van der Waals surface area contributed by atoms with Crippen LogP contribution in [0.5, 0.6) is 0 Å². The molecule has 0 aromatic carbocycles. The molecule has 0 spiro atoms. The first-order valence-corrected chi connectivity index (χ1v) is 4.66. The molecule has 1 heterocycles. The summed E-state index contributed by atoms with van der Waals surface area (Å²) in [7, 11) is 3.63. The third-order valence-electron chi connectivity index (χ3n) is 1.49. The summed E-state index contributed by atoms with van der Waals surface area (Å²) in [6.07, 6.45) is 1.58. The van der Waals surface area contributed by atoms with Gasteiger partial charge in [-0.15, -0.1) is 0 Å². The lowest BCUT2D eigenvalue weighted by atomic mass is 10.2. The minimum absolute atomic E-state index is 0.390. The van der Waals surface area contributed by atoms with Crippen LogP contribution in [0.3, 0.4) is 0 Å². The van der Waals surface area contributed by atoms with E-state index in [0.29, 0.717) is 20.9 Å². The summed E-state index contributed by atoms with van der Waals surface area (Å²) in [4.78, 5) is 5.83. The van der Waals surface area contributed by atoms with Crippen molar-refractivity contribution < 1.29 is 0 Å². The van der Waals surface area contributed by atoms with Gasteiger partial charge in [0, 0.05) is 20.3 Å². The van der Waals surface area contributed by atoms with Gasteiger partial charge in [0.1, 0.15) is 17.5 Å². The fourth-order valence-electron chi connectivity index (χ4n) is 0.895. The summed E-state index contributed by atoms with van der Waals surface area (Å²) in [5, 5.41) is 9.25. The number of hydrogen-bond acceptors (Lipinski definition) is 3. The van der Waals surface area contributed by atoms with Crippen molar-refractivity contribution in [1.29, 1.82) is 5.26 Å². The molecule has 0 saturated carbocycles. The minimum Gasteiger partial charge on any atom is -0.362 e. The van der Waals surface area contributed by atoms with Crippen LogP contribution < -0.4 is 4.90 Å². The van der Waals surface area contributed by atoms with E-state index < -0.39 is 0 Å². The first-order chi connectivity index (χ1) is 6.07. The van der Waals surface area contributed by atoms with Gasteiger partial charge in [-0.05, 0) is 15.9 Å². The molecular weight excluding hydrogens is 253 g/mol. The second-order valence-corrected chi connectivity index (χ2v) is 3.86. The Morgan fingerprint density at radius 2 is 2.23 bits per heavy atom. The quantitative estimate of drug-likeness (QED) is 0.778. The maximum absolute atomic E-state index is 8.85. The van der Waals surface area contributed by atoms with Gasteiger partial charge in [-0.2, -0.15) is 5.26 Å². The third-order valence-corrected chi connectivity index (χ3v) is 2.71. The summed E-state index contributed by atoms with van der Waals surface area (Å²) in [6.45, 7) is 0. The highest BCUT2D eigenvalue weighted by atomic mass is 79.9. The molecule has 0 atom stereocenters. The van der Waals surface area contributed by atoms with Crippen LogP contribution in [-0.2, 0) is 0 Å². The van der Waals surface area contributed by atoms with Crippen LogP contribution in [0.2, 0.25) is 5.02 Å². The van der Waals surface area contributed by atoms with Crippen LogP contribution >= 0.6 is 27.5 Å². The summed E-state index contributed by atoms with van der Waals surface area (Å²) >= 11 is 9.11. The summed E-state index contributed by atoms with van der Waals surface area (Å²) in [5.74, 6) is 0.579. The SMILES string of the molecule is CN(C)c1ncc(Br)c(Cl)c1C#N. The van der Waals surface area contributed by atoms with Crippen LogP contribution in [0.15, 0.2) is 10.7 Å². The largest absolute Gasteiger partial charge is 0.362 e. The highest BCUT2D eigenvalue weighted by Gasteiger charge is 2.12. The number of hydrogen-bond donors (Lipinski definition) is 0. The first kappa shape index (κ1) is 10.3. The maximum Gasteiger partial charge on any atom is 0.147 e. The van der Waals surface area contributed by atoms with Crippen molar-refractivity contribution in [1.82, 2.24) is 4.98 Å². The van der Waals surface area contributed by atoms with E-state index in [-0.39, 0.29) is 0 Å². The number of pyridine rings is 1. The van der Waals surface area contributed by atoms with Gasteiger partial charge in [0.2, 0.25) is 0 Å². The molecule has 5 heteroatoms. The smallest absolute Gasteiger partial charge is 0.147 e. The molecule has 0 N–H and O–H groups in total. The molecule has 0 amide bonds. The zero-order valence-electron chi connectivity index (χ0n) is 7.17. The van der Waals surface area contributed by atoms with Crippen LogP contribution in [0, 0.1) is 11.3 Å². The van der Waals surface area contributed by atoms with E-state index in [2.05, 4.69) is 20.9 Å². The van der Waals surface area contributed by atoms with Gasteiger partial charge in [0.05, 0.1) is 9.50 Å². The number of nitriles is 1. The molecule has 1 rings (SSSR count). The van der Waals surface area contributed by atoms with Crippen molar-refractivity contribution in [3.8, 4) is 6.07 Å². The highest BCUT2D eigenvalue weighted by molar-refractivity contribution is 9.10. The Kier molecular flexibility index (Phi) is 3.12. The van der Waals surface area contributed by atoms with Gasteiger partial charge in [0.15, 0.2) is 0 Å². The van der Waals surface area contributed by atoms with Crippen LogP contribution in [0.25, 0.3) is 0 Å². The maximum atomic E-state index is 8.85. The highest BCUT2D eigenvalue weighted by Crippen LogP contribution is 2.29. The van der Waals surface area contributed by atoms with Crippen molar-refractivity contribution in [3.05, 3.63) is 21.3 Å². The van der Waals surface area contributed by atoms with E-state index in [9.17, 15) is 0 Å². The molecule has 0 radical (unpaired) electrons. The Hall–Kier alpha value is -0.790. The molecule has 3 nitrogen and oxygen atoms in total. The first-order valence-electron chi connectivity index (χ1n) is 3.49. The Labute approximate surface area is 90.1 Å². The monoisotopic (exact) mass is 259 g/mol. The summed E-state index contributed by atoms with van der Waals surface area (Å²) in [6, 6.07) is 2.02. The van der Waals surface area contributed by atoms with Crippen LogP contribution in [0.1, 0.15) is 5.56 Å². The van der Waals surface area contributed by atoms with E-state index in [4.69, 9.17) is 16.9 Å². The van der Waals surface area contributed by atoms with Crippen molar-refractivity contribution >= 4 is 33.3 Å². The average molecular weight is 261 g/mol. The number of aromatic nitrogens is 1. The van der Waals surface area contributed by atoms with Crippen molar-refractivity contribution in [2.45, 2.75) is 0 Å². The minimum atomic E-state index is 0.390. The van der Waals surface area contributed by atoms with Gasteiger partial charge in [-0.25, -0.2) is 4.98 Å². The molecule has 0 aliphatic heterocycles. The van der Waals surface area contributed by atoms with Gasteiger partial charge >= 0.3 is 0 Å². The molecule has 0 aliphatic carbocycles. The topological polar surface area (TPSA) is 39.9 Å². The van der Waals surface area contributed by atoms with E-state index in [1.165, 1.54) is 0 Å². The fraction of sp³-hybridized carbons (Fsp3) is 0.250. The van der Waals surface area contributed by atoms with Gasteiger partial charge in [-0.3, -0.25) is 0 Å². The Morgan fingerprint density at radius 3 is 2.69 bits per heavy atom. The summed E-state index contributed by atoms with van der Waals surface area (Å²) in [5.41, 5.74) is 0.390. The van der Waals surface area contributed by atoms with Gasteiger partial charge in [0.25, 0.3) is 0 Å². The van der Waals surface area contributed by atoms with Crippen LogP contribution in [-0.4, -0.2) is 19.1 Å². The molecule has 1 aromatic heterocycles. The fourth-order valence-corrected chi connectivity index (χ4v) is 1.37. The molecule has 0 saturated heterocycles. The molecule has 0 aliphatic rings. The van der Waals surface area contributed by atoms with Gasteiger partial charge in [-0.1, -0.05) is 11.6 Å². The van der Waals surface area contributed by atoms with Crippen LogP contribution in [0.4, 0.5) is 5.82 Å². The predicted molar refractivity (Wildman–Crippen MR) is 56.0 cm³/mol. The zero-order valence-corrected chi connectivity index (χ0v) is 9.52. The van der Waals surface area contributed by atoms with E-state index >= 15 is 0 Å². The predicted octanol–water partition coefficient (Wildman–Crippen LogP) is 2.44. The number of rotatable bonds is 1. The van der Waals surface area contributed by atoms with E-state index in [1.807, 2.05) is 20.2 Å². The molecule has 68 valence electrons. The molecular formula is C8H7BrClN3. The number of halogens is 2. The van der Waals surface area contributed by atoms with E-state index in [1.54, 1.807) is 11.1 Å². The van der Waals surface area contributed by atoms with Crippen molar-refractivity contribution in [3.63, 3.8) is 0 Å². The normalized spacial score (nSPS) is 9.46. The summed E-state index contributed by atoms with van der Waals surface area (Å²) < 4.78 is 0.635. The van der Waals surface area contributed by atoms with Crippen molar-refractivity contribution in [2.75, 3.05) is 19.0 Å². The molecule has 0 fully saturated rings. The van der Waals surface area contributed by atoms with E-state index in [0.717, 1.165) is 0 Å². The Morgan fingerprint density at radius 1 is 1.62 bits per heavy atom. The lowest BCUT2D eigenvalue weighted by Crippen LogP contribution is -2.12. The lowest BCUT2D eigenvalue weighted by Gasteiger charge is -2.13. The number of nitrogens with zero attached hydrogens (tertiary/aromatic N) is 3. The second-order valence-electron chi connectivity index (χ2n) is 2.62. The number of anilines is 1. The second kappa shape index (κ2) is 3.95. The van der Waals surface area contributed by atoms with Gasteiger partial charge < -0.3 is 4.90 Å². The molecule has 1 aromatic rings. The third kappa shape index (κ3) is 1.93. The molecule has 0 unspecified atom stereocenters. The molecule has 13 heavy (non-hydrogen) atoms. The average Bonchev–Trinajstić information content (AvgIpc) is 2.09. The molecule has 0 bridgehead atoms. The lowest BCUT2D eigenvalue weighted by molar-refractivity contribution is 1.06. The standard InChI is InChI=1S/C8H7BrClN3/c1-13(2)8-5(3-11)7(10)6(9)4-12-8/h4H,1-2H3.